The van der Waals surface area contributed by atoms with Crippen molar-refractivity contribution in [3.05, 3.63) is 0 Å². The van der Waals surface area contributed by atoms with E-state index in [1.54, 1.807) is 21.1 Å². The highest BCUT2D eigenvalue weighted by molar-refractivity contribution is 7.73. The first-order chi connectivity index (χ1) is 3.42. The minimum Gasteiger partial charge on any atom is -0.745 e. The lowest BCUT2D eigenvalue weighted by Gasteiger charge is -2.20. The number of hydrogen-bond acceptors (Lipinski definition) is 3. The molecule has 0 fully saturated rings. The van der Waals surface area contributed by atoms with Crippen LogP contribution in [0.2, 0.25) is 0 Å². The lowest BCUT2D eigenvalue weighted by Crippen LogP contribution is -2.34. The van der Waals surface area contributed by atoms with E-state index in [0.717, 1.165) is 0 Å². The zero-order valence-electron chi connectivity index (χ0n) is 5.08. The predicted molar refractivity (Wildman–Crippen MR) is 28.0 cm³/mol. The average molecular weight is 139 g/mol. The summed E-state index contributed by atoms with van der Waals surface area (Å²) in [4.78, 5) is 0. The van der Waals surface area contributed by atoms with Gasteiger partial charge in [0.05, 0.1) is 21.1 Å². The fraction of sp³-hybridized carbons (Fsp3) is 1.00. The van der Waals surface area contributed by atoms with Crippen LogP contribution in [-0.4, -0.2) is 34.6 Å². The summed E-state index contributed by atoms with van der Waals surface area (Å²) >= 11 is -2.41. The van der Waals surface area contributed by atoms with Crippen LogP contribution in [-0.2, 0) is 15.6 Å². The van der Waals surface area contributed by atoms with Gasteiger partial charge in [0.1, 0.15) is 11.4 Å². The van der Waals surface area contributed by atoms with Gasteiger partial charge in [-0.3, -0.25) is 0 Å². The van der Waals surface area contributed by atoms with E-state index in [0.29, 0.717) is 0 Å². The number of hydroxylamine groups is 3. The summed E-state index contributed by atoms with van der Waals surface area (Å²) < 4.78 is 23.8. The van der Waals surface area contributed by atoms with Gasteiger partial charge < -0.3 is 4.55 Å². The molecule has 0 amide bonds. The quantitative estimate of drug-likeness (QED) is 0.292. The fourth-order valence-corrected chi connectivity index (χ4v) is 0.548. The standard InChI is InChI=1S/C3H9NO3S/c1-4(2,3)7-8(5)6/h1-3H3. The summed E-state index contributed by atoms with van der Waals surface area (Å²) in [6, 6.07) is 0. The van der Waals surface area contributed by atoms with Gasteiger partial charge in [-0.25, -0.2) is 4.21 Å². The Balaban J connectivity index is 3.55. The Morgan fingerprint density at radius 2 is 1.88 bits per heavy atom. The third-order valence-electron chi connectivity index (χ3n) is 0.284. The fourth-order valence-electron chi connectivity index (χ4n) is 0.183. The first kappa shape index (κ1) is 8.03. The van der Waals surface area contributed by atoms with Crippen LogP contribution in [0.15, 0.2) is 0 Å². The van der Waals surface area contributed by atoms with E-state index in [-0.39, 0.29) is 4.65 Å². The van der Waals surface area contributed by atoms with Crippen molar-refractivity contribution in [3.8, 4) is 0 Å². The molecule has 0 radical (unpaired) electrons. The molecule has 0 aromatic carbocycles. The van der Waals surface area contributed by atoms with Crippen molar-refractivity contribution < 1.29 is 17.7 Å². The second-order valence-corrected chi connectivity index (χ2v) is 2.73. The van der Waals surface area contributed by atoms with Crippen LogP contribution in [0.25, 0.3) is 0 Å². The molecule has 0 N–H and O–H groups in total. The minimum absolute atomic E-state index is 0.0316. The van der Waals surface area contributed by atoms with Crippen molar-refractivity contribution in [1.29, 1.82) is 0 Å². The Labute approximate surface area is 51.1 Å². The average Bonchev–Trinajstić information content (AvgIpc) is 1.21. The molecule has 1 atom stereocenters. The molecule has 0 saturated heterocycles. The van der Waals surface area contributed by atoms with Crippen molar-refractivity contribution in [2.24, 2.45) is 0 Å². The molecule has 5 heteroatoms. The summed E-state index contributed by atoms with van der Waals surface area (Å²) in [6.07, 6.45) is 0. The molecule has 8 heavy (non-hydrogen) atoms. The summed E-state index contributed by atoms with van der Waals surface area (Å²) in [5.41, 5.74) is 0. The van der Waals surface area contributed by atoms with E-state index >= 15 is 0 Å². The lowest BCUT2D eigenvalue weighted by molar-refractivity contribution is -1.03. The minimum atomic E-state index is -2.41. The van der Waals surface area contributed by atoms with Crippen LogP contribution >= 0.6 is 0 Å². The number of nitrogens with zero attached hydrogens (tertiary/aromatic N) is 1. The van der Waals surface area contributed by atoms with Crippen molar-refractivity contribution in [2.75, 3.05) is 21.1 Å². The van der Waals surface area contributed by atoms with Crippen LogP contribution in [0.3, 0.4) is 0 Å². The zero-order chi connectivity index (χ0) is 6.78. The van der Waals surface area contributed by atoms with E-state index in [9.17, 15) is 8.76 Å². The van der Waals surface area contributed by atoms with Gasteiger partial charge in [0.2, 0.25) is 0 Å². The highest BCUT2D eigenvalue weighted by Gasteiger charge is 2.06. The zero-order valence-corrected chi connectivity index (χ0v) is 5.90. The highest BCUT2D eigenvalue weighted by Crippen LogP contribution is 1.92. The maximum atomic E-state index is 9.78. The number of quaternary nitrogens is 1. The summed E-state index contributed by atoms with van der Waals surface area (Å²) in [5.74, 6) is 0. The predicted octanol–water partition coefficient (Wildman–Crippen LogP) is -0.582. The van der Waals surface area contributed by atoms with Crippen LogP contribution in [0.4, 0.5) is 0 Å². The van der Waals surface area contributed by atoms with Crippen molar-refractivity contribution >= 4 is 11.4 Å². The van der Waals surface area contributed by atoms with Crippen LogP contribution in [0, 0.1) is 0 Å². The molecular formula is C3H9NO3S. The number of rotatable bonds is 2. The molecule has 0 aliphatic rings. The molecule has 0 bridgehead atoms. The second kappa shape index (κ2) is 2.54. The van der Waals surface area contributed by atoms with E-state index in [1.165, 1.54) is 0 Å². The van der Waals surface area contributed by atoms with E-state index in [4.69, 9.17) is 0 Å². The molecule has 0 saturated carbocycles. The third-order valence-corrected chi connectivity index (χ3v) is 0.853. The SMILES string of the molecule is C[N+](C)(C)OS(=O)[O-]. The molecule has 0 aliphatic carbocycles. The molecular weight excluding hydrogens is 130 g/mol. The van der Waals surface area contributed by atoms with E-state index < -0.39 is 11.4 Å². The van der Waals surface area contributed by atoms with E-state index in [1.807, 2.05) is 0 Å². The van der Waals surface area contributed by atoms with Gasteiger partial charge in [-0.05, 0) is 0 Å². The van der Waals surface area contributed by atoms with Crippen LogP contribution < -0.4 is 0 Å². The molecule has 0 spiro atoms. The molecule has 0 rings (SSSR count). The van der Waals surface area contributed by atoms with Crippen molar-refractivity contribution in [2.45, 2.75) is 0 Å². The van der Waals surface area contributed by atoms with Gasteiger partial charge >= 0.3 is 0 Å². The van der Waals surface area contributed by atoms with Crippen molar-refractivity contribution in [1.82, 2.24) is 0 Å². The molecule has 0 heterocycles. The van der Waals surface area contributed by atoms with Gasteiger partial charge in [0.25, 0.3) is 0 Å². The molecule has 0 aromatic heterocycles. The Hall–Kier alpha value is 0.0300. The first-order valence-corrected chi connectivity index (χ1v) is 3.02. The molecule has 4 nitrogen and oxygen atoms in total. The third kappa shape index (κ3) is 6.03. The normalized spacial score (nSPS) is 16.0. The van der Waals surface area contributed by atoms with Crippen LogP contribution in [0.1, 0.15) is 0 Å². The van der Waals surface area contributed by atoms with Gasteiger partial charge in [0, 0.05) is 0 Å². The Bertz CT molecular complexity index is 97.2. The van der Waals surface area contributed by atoms with Gasteiger partial charge in [0.15, 0.2) is 0 Å². The highest BCUT2D eigenvalue weighted by atomic mass is 32.2. The largest absolute Gasteiger partial charge is 0.745 e. The van der Waals surface area contributed by atoms with Crippen LogP contribution in [0.5, 0.6) is 0 Å². The Morgan fingerprint density at radius 1 is 1.50 bits per heavy atom. The Kier molecular flexibility index (Phi) is 2.55. The van der Waals surface area contributed by atoms with Gasteiger partial charge in [-0.2, -0.15) is 4.65 Å². The summed E-state index contributed by atoms with van der Waals surface area (Å²) in [5, 5.41) is 0. The molecule has 1 unspecified atom stereocenters. The summed E-state index contributed by atoms with van der Waals surface area (Å²) in [6.45, 7) is 0. The molecule has 0 aliphatic heterocycles. The lowest BCUT2D eigenvalue weighted by atomic mass is 11.0. The second-order valence-electron chi connectivity index (χ2n) is 2.17. The van der Waals surface area contributed by atoms with E-state index in [2.05, 4.69) is 4.28 Å². The first-order valence-electron chi connectivity index (χ1n) is 2.02. The van der Waals surface area contributed by atoms with Gasteiger partial charge in [-0.15, -0.1) is 4.28 Å². The number of hydrogen-bond donors (Lipinski definition) is 0. The van der Waals surface area contributed by atoms with Crippen molar-refractivity contribution in [3.63, 3.8) is 0 Å². The monoisotopic (exact) mass is 139 g/mol. The maximum absolute atomic E-state index is 9.78. The topological polar surface area (TPSA) is 49.4 Å². The molecule has 50 valence electrons. The molecule has 0 aromatic rings. The maximum Gasteiger partial charge on any atom is 0.147 e. The van der Waals surface area contributed by atoms with Gasteiger partial charge in [-0.1, -0.05) is 0 Å². The summed E-state index contributed by atoms with van der Waals surface area (Å²) in [7, 11) is 4.82. The smallest absolute Gasteiger partial charge is 0.147 e. The Morgan fingerprint density at radius 3 is 1.88 bits per heavy atom.